The van der Waals surface area contributed by atoms with Crippen LogP contribution in [0.25, 0.3) is 22.2 Å². The third-order valence-corrected chi connectivity index (χ3v) is 6.66. The monoisotopic (exact) mass is 511 g/mol. The Balaban J connectivity index is 1.62. The van der Waals surface area contributed by atoms with Gasteiger partial charge in [0.05, 0.1) is 16.6 Å². The van der Waals surface area contributed by atoms with Crippen LogP contribution in [0.1, 0.15) is 61.3 Å². The highest BCUT2D eigenvalue weighted by Gasteiger charge is 2.15. The second-order valence-corrected chi connectivity index (χ2v) is 9.73. The third-order valence-electron chi connectivity index (χ3n) is 6.66. The van der Waals surface area contributed by atoms with Gasteiger partial charge in [-0.2, -0.15) is 0 Å². The van der Waals surface area contributed by atoms with Gasteiger partial charge >= 0.3 is 5.97 Å². The molecule has 2 N–H and O–H groups in total. The van der Waals surface area contributed by atoms with Crippen molar-refractivity contribution in [3.8, 4) is 11.1 Å². The second-order valence-electron chi connectivity index (χ2n) is 9.73. The first-order valence-corrected chi connectivity index (χ1v) is 13.0. The number of unbranched alkanes of at least 4 members (excludes halogenated alkanes) is 1. The SMILES string of the molecule is CCCCc1nc2ccc(NC(=O)CC(C)CC=O)cc2n1Cc1ccc(-c2ccccc2C(=O)O)cc1. The highest BCUT2D eigenvalue weighted by molar-refractivity contribution is 5.96. The number of hydrogen-bond donors (Lipinski definition) is 2. The number of anilines is 1. The van der Waals surface area contributed by atoms with Gasteiger partial charge in [0, 0.05) is 31.5 Å². The lowest BCUT2D eigenvalue weighted by Gasteiger charge is -2.12. The summed E-state index contributed by atoms with van der Waals surface area (Å²) in [5.74, 6) is -0.0810. The fourth-order valence-electron chi connectivity index (χ4n) is 4.62. The van der Waals surface area contributed by atoms with E-state index in [0.717, 1.165) is 53.5 Å². The number of carbonyl (C=O) groups is 3. The fraction of sp³-hybridized carbons (Fsp3) is 0.290. The van der Waals surface area contributed by atoms with E-state index in [0.29, 0.717) is 24.2 Å². The molecule has 0 bridgehead atoms. The summed E-state index contributed by atoms with van der Waals surface area (Å²) in [5, 5.41) is 12.5. The molecule has 0 radical (unpaired) electrons. The Labute approximate surface area is 222 Å². The lowest BCUT2D eigenvalue weighted by atomic mass is 9.99. The molecule has 1 atom stereocenters. The van der Waals surface area contributed by atoms with Crippen LogP contribution >= 0.6 is 0 Å². The van der Waals surface area contributed by atoms with Gasteiger partial charge in [0.25, 0.3) is 0 Å². The lowest BCUT2D eigenvalue weighted by molar-refractivity contribution is -0.117. The molecule has 1 amide bonds. The number of aldehydes is 1. The molecule has 7 nitrogen and oxygen atoms in total. The van der Waals surface area contributed by atoms with Gasteiger partial charge in [-0.05, 0) is 53.3 Å². The average Bonchev–Trinajstić information content (AvgIpc) is 3.24. The van der Waals surface area contributed by atoms with E-state index in [1.165, 1.54) is 0 Å². The second kappa shape index (κ2) is 12.3. The number of carbonyl (C=O) groups excluding carboxylic acids is 2. The minimum atomic E-state index is -0.948. The Kier molecular flexibility index (Phi) is 8.69. The van der Waals surface area contributed by atoms with Crippen LogP contribution in [-0.4, -0.2) is 32.8 Å². The van der Waals surface area contributed by atoms with Crippen LogP contribution in [0, 0.1) is 5.92 Å². The molecule has 0 aliphatic carbocycles. The number of aromatic nitrogens is 2. The number of fused-ring (bicyclic) bond motifs is 1. The molecule has 4 aromatic rings. The predicted octanol–water partition coefficient (Wildman–Crippen LogP) is 6.35. The Morgan fingerprint density at radius 3 is 2.55 bits per heavy atom. The molecule has 1 aromatic heterocycles. The lowest BCUT2D eigenvalue weighted by Crippen LogP contribution is -2.15. The number of imidazole rings is 1. The van der Waals surface area contributed by atoms with Crippen LogP contribution in [0.15, 0.2) is 66.7 Å². The van der Waals surface area contributed by atoms with E-state index in [-0.39, 0.29) is 23.8 Å². The van der Waals surface area contributed by atoms with Crippen molar-refractivity contribution in [3.05, 3.63) is 83.7 Å². The van der Waals surface area contributed by atoms with Crippen LogP contribution in [0.3, 0.4) is 0 Å². The summed E-state index contributed by atoms with van der Waals surface area (Å²) in [6.45, 7) is 4.64. The van der Waals surface area contributed by atoms with Crippen molar-refractivity contribution in [3.63, 3.8) is 0 Å². The maximum Gasteiger partial charge on any atom is 0.336 e. The fourth-order valence-corrected chi connectivity index (χ4v) is 4.62. The zero-order valence-electron chi connectivity index (χ0n) is 21.8. The summed E-state index contributed by atoms with van der Waals surface area (Å²) in [6.07, 6.45) is 4.42. The van der Waals surface area contributed by atoms with Gasteiger partial charge in [0.1, 0.15) is 12.1 Å². The highest BCUT2D eigenvalue weighted by atomic mass is 16.4. The van der Waals surface area contributed by atoms with Gasteiger partial charge in [0.15, 0.2) is 0 Å². The number of aryl methyl sites for hydroxylation is 1. The number of carboxylic acid groups (broad SMARTS) is 1. The molecule has 0 aliphatic rings. The summed E-state index contributed by atoms with van der Waals surface area (Å²) >= 11 is 0. The molecule has 196 valence electrons. The Hall–Kier alpha value is -4.26. The van der Waals surface area contributed by atoms with E-state index >= 15 is 0 Å². The van der Waals surface area contributed by atoms with E-state index in [1.807, 2.05) is 61.5 Å². The van der Waals surface area contributed by atoms with E-state index in [9.17, 15) is 19.5 Å². The predicted molar refractivity (Wildman–Crippen MR) is 149 cm³/mol. The van der Waals surface area contributed by atoms with Crippen molar-refractivity contribution >= 4 is 34.9 Å². The van der Waals surface area contributed by atoms with Crippen LogP contribution in [0.5, 0.6) is 0 Å². The largest absolute Gasteiger partial charge is 0.478 e. The van der Waals surface area contributed by atoms with Crippen LogP contribution in [0.2, 0.25) is 0 Å². The number of carboxylic acids is 1. The van der Waals surface area contributed by atoms with Crippen molar-refractivity contribution < 1.29 is 19.5 Å². The Morgan fingerprint density at radius 2 is 1.84 bits per heavy atom. The standard InChI is InChI=1S/C31H33N3O4/c1-3-4-9-29-33-27-15-14-24(32-30(36)18-21(2)16-17-35)19-28(27)34(29)20-22-10-12-23(13-11-22)25-7-5-6-8-26(25)31(37)38/h5-8,10-15,17,19,21H,3-4,9,16,18,20H2,1-2H3,(H,32,36)(H,37,38). The summed E-state index contributed by atoms with van der Waals surface area (Å²) in [4.78, 5) is 39.7. The van der Waals surface area contributed by atoms with E-state index in [2.05, 4.69) is 16.8 Å². The minimum absolute atomic E-state index is 0.00663. The molecule has 0 saturated carbocycles. The van der Waals surface area contributed by atoms with E-state index in [1.54, 1.807) is 12.1 Å². The maximum atomic E-state index is 12.5. The van der Waals surface area contributed by atoms with Crippen molar-refractivity contribution in [1.29, 1.82) is 0 Å². The molecule has 0 spiro atoms. The third kappa shape index (κ3) is 6.35. The average molecular weight is 512 g/mol. The first kappa shape index (κ1) is 26.8. The Bertz CT molecular complexity index is 1440. The smallest absolute Gasteiger partial charge is 0.336 e. The maximum absolute atomic E-state index is 12.5. The molecule has 4 rings (SSSR count). The van der Waals surface area contributed by atoms with Gasteiger partial charge in [-0.3, -0.25) is 4.79 Å². The topological polar surface area (TPSA) is 101 Å². The Morgan fingerprint density at radius 1 is 1.08 bits per heavy atom. The number of rotatable bonds is 12. The number of nitrogens with one attached hydrogen (secondary N) is 1. The summed E-state index contributed by atoms with van der Waals surface area (Å²) < 4.78 is 2.19. The van der Waals surface area contributed by atoms with Gasteiger partial charge in [-0.25, -0.2) is 9.78 Å². The zero-order valence-corrected chi connectivity index (χ0v) is 21.8. The normalized spacial score (nSPS) is 11.8. The molecular weight excluding hydrogens is 478 g/mol. The molecular formula is C31H33N3O4. The number of benzene rings is 3. The van der Waals surface area contributed by atoms with Gasteiger partial charge in [-0.15, -0.1) is 0 Å². The van der Waals surface area contributed by atoms with Crippen molar-refractivity contribution in [2.45, 2.75) is 52.5 Å². The number of amides is 1. The van der Waals surface area contributed by atoms with Crippen LogP contribution < -0.4 is 5.32 Å². The van der Waals surface area contributed by atoms with Gasteiger partial charge in [0.2, 0.25) is 5.91 Å². The van der Waals surface area contributed by atoms with E-state index < -0.39 is 5.97 Å². The quantitative estimate of drug-likeness (QED) is 0.216. The summed E-state index contributed by atoms with van der Waals surface area (Å²) in [6, 6.07) is 20.7. The summed E-state index contributed by atoms with van der Waals surface area (Å²) in [7, 11) is 0. The zero-order chi connectivity index (χ0) is 27.1. The molecule has 1 heterocycles. The molecule has 0 aliphatic heterocycles. The summed E-state index contributed by atoms with van der Waals surface area (Å²) in [5.41, 5.74) is 5.39. The number of aromatic carboxylic acids is 1. The van der Waals surface area contributed by atoms with Crippen molar-refractivity contribution in [2.24, 2.45) is 5.92 Å². The molecule has 1 unspecified atom stereocenters. The number of hydrogen-bond acceptors (Lipinski definition) is 4. The molecule has 0 fully saturated rings. The van der Waals surface area contributed by atoms with E-state index in [4.69, 9.17) is 4.98 Å². The molecule has 7 heteroatoms. The van der Waals surface area contributed by atoms with Crippen molar-refractivity contribution in [2.75, 3.05) is 5.32 Å². The molecule has 3 aromatic carbocycles. The van der Waals surface area contributed by atoms with Gasteiger partial charge in [-0.1, -0.05) is 62.7 Å². The van der Waals surface area contributed by atoms with Crippen LogP contribution in [-0.2, 0) is 22.6 Å². The molecule has 0 saturated heterocycles. The first-order chi connectivity index (χ1) is 18.4. The van der Waals surface area contributed by atoms with Crippen LogP contribution in [0.4, 0.5) is 5.69 Å². The first-order valence-electron chi connectivity index (χ1n) is 13.0. The number of nitrogens with zero attached hydrogens (tertiary/aromatic N) is 2. The van der Waals surface area contributed by atoms with Gasteiger partial charge < -0.3 is 19.8 Å². The van der Waals surface area contributed by atoms with Crippen molar-refractivity contribution in [1.82, 2.24) is 9.55 Å². The minimum Gasteiger partial charge on any atom is -0.478 e. The highest BCUT2D eigenvalue weighted by Crippen LogP contribution is 2.27. The molecule has 38 heavy (non-hydrogen) atoms.